The minimum Gasteiger partial charge on any atom is -0.355 e. The van der Waals surface area contributed by atoms with Crippen molar-refractivity contribution in [2.45, 2.75) is 11.2 Å². The van der Waals surface area contributed by atoms with Crippen molar-refractivity contribution in [3.8, 4) is 0 Å². The Labute approximate surface area is 110 Å². The van der Waals surface area contributed by atoms with Crippen LogP contribution in [0.25, 0.3) is 0 Å². The largest absolute Gasteiger partial charge is 0.355 e. The molecule has 0 aliphatic carbocycles. The van der Waals surface area contributed by atoms with Crippen LogP contribution in [0, 0.1) is 0 Å². The van der Waals surface area contributed by atoms with E-state index in [4.69, 9.17) is 32.7 Å². The molecule has 0 fully saturated rings. The van der Waals surface area contributed by atoms with Crippen molar-refractivity contribution in [1.82, 2.24) is 0 Å². The summed E-state index contributed by atoms with van der Waals surface area (Å²) in [6.07, 6.45) is -0.811. The van der Waals surface area contributed by atoms with Crippen molar-refractivity contribution < 1.29 is 17.9 Å². The van der Waals surface area contributed by atoms with Gasteiger partial charge in [-0.25, -0.2) is 8.42 Å². The highest BCUT2D eigenvalue weighted by atomic mass is 35.5. The summed E-state index contributed by atoms with van der Waals surface area (Å²) in [5, 5.41) is 0.500. The van der Waals surface area contributed by atoms with Gasteiger partial charge in [0.2, 0.25) is 0 Å². The maximum atomic E-state index is 12.0. The van der Waals surface area contributed by atoms with E-state index in [-0.39, 0.29) is 15.7 Å². The number of hydrogen-bond donors (Lipinski definition) is 0. The van der Waals surface area contributed by atoms with Gasteiger partial charge in [-0.15, -0.1) is 0 Å². The molecule has 17 heavy (non-hydrogen) atoms. The van der Waals surface area contributed by atoms with Gasteiger partial charge in [0.05, 0.1) is 14.9 Å². The Hall–Kier alpha value is -0.330. The summed E-state index contributed by atoms with van der Waals surface area (Å²) >= 11 is 11.5. The zero-order valence-corrected chi connectivity index (χ0v) is 11.6. The van der Waals surface area contributed by atoms with Gasteiger partial charge in [-0.3, -0.25) is 0 Å². The fourth-order valence-electron chi connectivity index (χ4n) is 1.18. The molecule has 1 aromatic carbocycles. The predicted octanol–water partition coefficient (Wildman–Crippen LogP) is 2.39. The van der Waals surface area contributed by atoms with E-state index in [1.54, 1.807) is 0 Å². The first-order valence-corrected chi connectivity index (χ1v) is 7.05. The Morgan fingerprint density at radius 2 is 1.76 bits per heavy atom. The Bertz CT molecular complexity index is 483. The Morgan fingerprint density at radius 3 is 2.24 bits per heavy atom. The zero-order valence-electron chi connectivity index (χ0n) is 9.31. The molecule has 0 amide bonds. The molecular formula is C10H12Cl2O4S. The van der Waals surface area contributed by atoms with E-state index >= 15 is 0 Å². The first kappa shape index (κ1) is 14.7. The topological polar surface area (TPSA) is 52.6 Å². The van der Waals surface area contributed by atoms with E-state index in [2.05, 4.69) is 0 Å². The lowest BCUT2D eigenvalue weighted by Gasteiger charge is -2.13. The van der Waals surface area contributed by atoms with Crippen LogP contribution < -0.4 is 0 Å². The summed E-state index contributed by atoms with van der Waals surface area (Å²) in [6.45, 7) is 0. The fraction of sp³-hybridized carbons (Fsp3) is 0.400. The highest BCUT2D eigenvalue weighted by Gasteiger charge is 2.21. The molecule has 0 unspecified atom stereocenters. The third-order valence-electron chi connectivity index (χ3n) is 2.13. The Balaban J connectivity index is 3.01. The van der Waals surface area contributed by atoms with Crippen molar-refractivity contribution in [2.75, 3.05) is 20.0 Å². The summed E-state index contributed by atoms with van der Waals surface area (Å²) in [5.41, 5.74) is 0. The van der Waals surface area contributed by atoms with Gasteiger partial charge in [0.1, 0.15) is 5.75 Å². The van der Waals surface area contributed by atoms with Crippen LogP contribution in [0.1, 0.15) is 0 Å². The van der Waals surface area contributed by atoms with Crippen LogP contribution in [0.15, 0.2) is 23.1 Å². The lowest BCUT2D eigenvalue weighted by molar-refractivity contribution is -0.0851. The smallest absolute Gasteiger partial charge is 0.183 e. The molecule has 0 atom stereocenters. The van der Waals surface area contributed by atoms with Crippen LogP contribution in [0.3, 0.4) is 0 Å². The average molecular weight is 299 g/mol. The summed E-state index contributed by atoms with van der Waals surface area (Å²) in [4.78, 5) is 0.0889. The number of methoxy groups -OCH3 is 2. The summed E-state index contributed by atoms with van der Waals surface area (Å²) in [5.74, 6) is -0.280. The average Bonchev–Trinajstić information content (AvgIpc) is 2.29. The van der Waals surface area contributed by atoms with Crippen molar-refractivity contribution >= 4 is 33.0 Å². The standard InChI is InChI=1S/C10H12Cl2O4S/c1-15-10(16-2)6-17(13,14)7-3-4-8(11)9(12)5-7/h3-5,10H,6H2,1-2H3. The lowest BCUT2D eigenvalue weighted by Crippen LogP contribution is -2.24. The van der Waals surface area contributed by atoms with Gasteiger partial charge in [0.15, 0.2) is 16.1 Å². The molecule has 4 nitrogen and oxygen atoms in total. The van der Waals surface area contributed by atoms with Crippen molar-refractivity contribution in [3.05, 3.63) is 28.2 Å². The Morgan fingerprint density at radius 1 is 1.18 bits per heavy atom. The second kappa shape index (κ2) is 6.02. The first-order valence-electron chi connectivity index (χ1n) is 4.64. The molecule has 7 heteroatoms. The maximum Gasteiger partial charge on any atom is 0.183 e. The van der Waals surface area contributed by atoms with Gasteiger partial charge in [-0.1, -0.05) is 23.2 Å². The maximum absolute atomic E-state index is 12.0. The molecule has 0 aromatic heterocycles. The lowest BCUT2D eigenvalue weighted by atomic mass is 10.4. The Kier molecular flexibility index (Phi) is 5.22. The molecule has 1 rings (SSSR count). The quantitative estimate of drug-likeness (QED) is 0.783. The van der Waals surface area contributed by atoms with Crippen LogP contribution >= 0.6 is 23.2 Å². The molecule has 0 N–H and O–H groups in total. The number of rotatable bonds is 5. The fourth-order valence-corrected chi connectivity index (χ4v) is 2.94. The molecule has 96 valence electrons. The molecule has 0 saturated heterocycles. The molecular weight excluding hydrogens is 287 g/mol. The minimum atomic E-state index is -3.52. The second-order valence-electron chi connectivity index (χ2n) is 3.26. The normalized spacial score (nSPS) is 12.1. The summed E-state index contributed by atoms with van der Waals surface area (Å²) in [7, 11) is -0.769. The van der Waals surface area contributed by atoms with Gasteiger partial charge in [-0.05, 0) is 18.2 Å². The molecule has 1 aromatic rings. The third-order valence-corrected chi connectivity index (χ3v) is 4.55. The molecule has 0 heterocycles. The SMILES string of the molecule is COC(CS(=O)(=O)c1ccc(Cl)c(Cl)c1)OC. The number of halogens is 2. The molecule has 0 radical (unpaired) electrons. The van der Waals surface area contributed by atoms with Crippen LogP contribution in [-0.2, 0) is 19.3 Å². The highest BCUT2D eigenvalue weighted by Crippen LogP contribution is 2.25. The van der Waals surface area contributed by atoms with Gasteiger partial charge < -0.3 is 9.47 Å². The van der Waals surface area contributed by atoms with E-state index in [0.29, 0.717) is 5.02 Å². The number of sulfone groups is 1. The van der Waals surface area contributed by atoms with E-state index in [1.807, 2.05) is 0 Å². The van der Waals surface area contributed by atoms with Gasteiger partial charge in [0.25, 0.3) is 0 Å². The molecule has 0 spiro atoms. The van der Waals surface area contributed by atoms with E-state index in [9.17, 15) is 8.42 Å². The van der Waals surface area contributed by atoms with Crippen molar-refractivity contribution in [1.29, 1.82) is 0 Å². The zero-order chi connectivity index (χ0) is 13.1. The molecule has 0 aliphatic heterocycles. The monoisotopic (exact) mass is 298 g/mol. The second-order valence-corrected chi connectivity index (χ2v) is 6.11. The van der Waals surface area contributed by atoms with E-state index < -0.39 is 16.1 Å². The van der Waals surface area contributed by atoms with Crippen molar-refractivity contribution in [2.24, 2.45) is 0 Å². The number of ether oxygens (including phenoxy) is 2. The van der Waals surface area contributed by atoms with Crippen LogP contribution in [0.5, 0.6) is 0 Å². The molecule has 0 bridgehead atoms. The van der Waals surface area contributed by atoms with Crippen LogP contribution in [0.4, 0.5) is 0 Å². The van der Waals surface area contributed by atoms with Gasteiger partial charge in [-0.2, -0.15) is 0 Å². The third kappa shape index (κ3) is 3.82. The van der Waals surface area contributed by atoms with Crippen LogP contribution in [-0.4, -0.2) is 34.7 Å². The highest BCUT2D eigenvalue weighted by molar-refractivity contribution is 7.91. The number of benzene rings is 1. The first-order chi connectivity index (χ1) is 7.90. The predicted molar refractivity (Wildman–Crippen MR) is 66.3 cm³/mol. The van der Waals surface area contributed by atoms with Crippen LogP contribution in [0.2, 0.25) is 10.0 Å². The van der Waals surface area contributed by atoms with E-state index in [1.165, 1.54) is 32.4 Å². The summed E-state index contributed by atoms with van der Waals surface area (Å²) < 4.78 is 33.6. The van der Waals surface area contributed by atoms with E-state index in [0.717, 1.165) is 0 Å². The van der Waals surface area contributed by atoms with Crippen molar-refractivity contribution in [3.63, 3.8) is 0 Å². The number of hydrogen-bond acceptors (Lipinski definition) is 4. The minimum absolute atomic E-state index is 0.0889. The molecule has 0 aliphatic rings. The summed E-state index contributed by atoms with van der Waals surface area (Å²) in [6, 6.07) is 4.14. The van der Waals surface area contributed by atoms with Gasteiger partial charge >= 0.3 is 0 Å². The molecule has 0 saturated carbocycles. The van der Waals surface area contributed by atoms with Gasteiger partial charge in [0, 0.05) is 14.2 Å².